The van der Waals surface area contributed by atoms with E-state index in [0.717, 1.165) is 32.4 Å². The summed E-state index contributed by atoms with van der Waals surface area (Å²) < 4.78 is 5.32. The van der Waals surface area contributed by atoms with Crippen molar-refractivity contribution in [1.82, 2.24) is 15.1 Å². The van der Waals surface area contributed by atoms with Crippen molar-refractivity contribution >= 4 is 17.5 Å². The first-order chi connectivity index (χ1) is 10.1. The minimum atomic E-state index is -0.351. The molecule has 1 amide bonds. The van der Waals surface area contributed by atoms with Crippen molar-refractivity contribution in [3.8, 4) is 0 Å². The Balaban J connectivity index is 1.74. The maximum Gasteiger partial charge on any atom is 0.254 e. The van der Waals surface area contributed by atoms with Crippen molar-refractivity contribution in [2.24, 2.45) is 0 Å². The SMILES string of the molecule is CN(C)CCCNc1ccc(NC(=O)C2CCCO2)nn1. The number of hydrogen-bond acceptors (Lipinski definition) is 6. The first-order valence-electron chi connectivity index (χ1n) is 7.30. The molecule has 0 saturated carbocycles. The van der Waals surface area contributed by atoms with Crippen LogP contribution in [-0.2, 0) is 9.53 Å². The molecule has 0 bridgehead atoms. The topological polar surface area (TPSA) is 79.4 Å². The molecule has 1 aliphatic heterocycles. The summed E-state index contributed by atoms with van der Waals surface area (Å²) in [7, 11) is 4.09. The summed E-state index contributed by atoms with van der Waals surface area (Å²) in [5.41, 5.74) is 0. The lowest BCUT2D eigenvalue weighted by Crippen LogP contribution is -2.27. The number of amides is 1. The zero-order valence-corrected chi connectivity index (χ0v) is 12.6. The minimum absolute atomic E-state index is 0.145. The van der Waals surface area contributed by atoms with Gasteiger partial charge in [0, 0.05) is 13.2 Å². The zero-order valence-electron chi connectivity index (χ0n) is 12.6. The molecule has 1 aromatic heterocycles. The Labute approximate surface area is 125 Å². The molecule has 2 rings (SSSR count). The van der Waals surface area contributed by atoms with Gasteiger partial charge in [-0.3, -0.25) is 4.79 Å². The molecule has 1 unspecified atom stereocenters. The van der Waals surface area contributed by atoms with Crippen LogP contribution < -0.4 is 10.6 Å². The van der Waals surface area contributed by atoms with Crippen LogP contribution in [0, 0.1) is 0 Å². The zero-order chi connectivity index (χ0) is 15.1. The predicted molar refractivity (Wildman–Crippen MR) is 81.3 cm³/mol. The summed E-state index contributed by atoms with van der Waals surface area (Å²) in [4.78, 5) is 14.0. The van der Waals surface area contributed by atoms with Crippen molar-refractivity contribution in [2.45, 2.75) is 25.4 Å². The number of nitrogens with one attached hydrogen (secondary N) is 2. The normalized spacial score (nSPS) is 18.0. The van der Waals surface area contributed by atoms with Crippen LogP contribution in [0.25, 0.3) is 0 Å². The molecule has 1 atom stereocenters. The number of rotatable bonds is 7. The number of carbonyl (C=O) groups excluding carboxylic acids is 1. The number of ether oxygens (including phenoxy) is 1. The highest BCUT2D eigenvalue weighted by molar-refractivity contribution is 5.93. The second-order valence-corrected chi connectivity index (χ2v) is 5.38. The fraction of sp³-hybridized carbons (Fsp3) is 0.643. The Morgan fingerprint density at radius 2 is 2.14 bits per heavy atom. The van der Waals surface area contributed by atoms with E-state index in [1.165, 1.54) is 0 Å². The van der Waals surface area contributed by atoms with Crippen molar-refractivity contribution in [3.63, 3.8) is 0 Å². The molecule has 2 N–H and O–H groups in total. The quantitative estimate of drug-likeness (QED) is 0.729. The molecule has 21 heavy (non-hydrogen) atoms. The second kappa shape index (κ2) is 7.90. The van der Waals surface area contributed by atoms with Crippen molar-refractivity contribution in [2.75, 3.05) is 44.4 Å². The number of anilines is 2. The Kier molecular flexibility index (Phi) is 5.89. The second-order valence-electron chi connectivity index (χ2n) is 5.38. The summed E-state index contributed by atoms with van der Waals surface area (Å²) in [6.45, 7) is 2.52. The van der Waals surface area contributed by atoms with Gasteiger partial charge in [-0.2, -0.15) is 0 Å². The summed E-state index contributed by atoms with van der Waals surface area (Å²) in [6, 6.07) is 3.56. The van der Waals surface area contributed by atoms with Gasteiger partial charge in [0.15, 0.2) is 5.82 Å². The Bertz CT molecular complexity index is 443. The Morgan fingerprint density at radius 3 is 2.76 bits per heavy atom. The number of carbonyl (C=O) groups is 1. The molecule has 7 nitrogen and oxygen atoms in total. The Morgan fingerprint density at radius 1 is 1.38 bits per heavy atom. The number of hydrogen-bond donors (Lipinski definition) is 2. The maximum absolute atomic E-state index is 11.9. The van der Waals surface area contributed by atoms with E-state index >= 15 is 0 Å². The minimum Gasteiger partial charge on any atom is -0.369 e. The van der Waals surface area contributed by atoms with Gasteiger partial charge in [-0.25, -0.2) is 0 Å². The lowest BCUT2D eigenvalue weighted by atomic mass is 10.2. The fourth-order valence-corrected chi connectivity index (χ4v) is 2.10. The van der Waals surface area contributed by atoms with E-state index < -0.39 is 0 Å². The first-order valence-corrected chi connectivity index (χ1v) is 7.30. The highest BCUT2D eigenvalue weighted by Crippen LogP contribution is 2.14. The van der Waals surface area contributed by atoms with Gasteiger partial charge in [-0.15, -0.1) is 10.2 Å². The third kappa shape index (κ3) is 5.28. The number of aromatic nitrogens is 2. The first kappa shape index (κ1) is 15.7. The van der Waals surface area contributed by atoms with E-state index in [2.05, 4.69) is 25.7 Å². The molecule has 2 heterocycles. The lowest BCUT2D eigenvalue weighted by molar-refractivity contribution is -0.124. The standard InChI is InChI=1S/C14H23N5O2/c1-19(2)9-4-8-15-12-6-7-13(18-17-12)16-14(20)11-5-3-10-21-11/h6-7,11H,3-5,8-10H2,1-2H3,(H,15,17)(H,16,18,20). The molecular formula is C14H23N5O2. The molecule has 7 heteroatoms. The van der Waals surface area contributed by atoms with Gasteiger partial charge in [0.25, 0.3) is 5.91 Å². The summed E-state index contributed by atoms with van der Waals surface area (Å²) >= 11 is 0. The van der Waals surface area contributed by atoms with Crippen molar-refractivity contribution in [1.29, 1.82) is 0 Å². The van der Waals surface area contributed by atoms with Crippen LogP contribution in [0.15, 0.2) is 12.1 Å². The monoisotopic (exact) mass is 293 g/mol. The van der Waals surface area contributed by atoms with Crippen molar-refractivity contribution < 1.29 is 9.53 Å². The molecule has 1 aliphatic rings. The summed E-state index contributed by atoms with van der Waals surface area (Å²) in [6.07, 6.45) is 2.38. The van der Waals surface area contributed by atoms with Gasteiger partial charge < -0.3 is 20.3 Å². The third-order valence-electron chi connectivity index (χ3n) is 3.23. The van der Waals surface area contributed by atoms with Gasteiger partial charge in [-0.1, -0.05) is 0 Å². The molecule has 0 aliphatic carbocycles. The van der Waals surface area contributed by atoms with Crippen LogP contribution in [0.4, 0.5) is 11.6 Å². The molecule has 116 valence electrons. The highest BCUT2D eigenvalue weighted by atomic mass is 16.5. The van der Waals surface area contributed by atoms with Gasteiger partial charge in [0.05, 0.1) is 0 Å². The largest absolute Gasteiger partial charge is 0.369 e. The lowest BCUT2D eigenvalue weighted by Gasteiger charge is -2.11. The Hall–Kier alpha value is -1.73. The smallest absolute Gasteiger partial charge is 0.254 e. The molecule has 1 aromatic rings. The van der Waals surface area contributed by atoms with E-state index in [4.69, 9.17) is 4.74 Å². The van der Waals surface area contributed by atoms with Gasteiger partial charge in [0.1, 0.15) is 11.9 Å². The highest BCUT2D eigenvalue weighted by Gasteiger charge is 2.23. The van der Waals surface area contributed by atoms with E-state index in [0.29, 0.717) is 18.2 Å². The van der Waals surface area contributed by atoms with E-state index in [1.807, 2.05) is 20.2 Å². The molecular weight excluding hydrogens is 270 g/mol. The van der Waals surface area contributed by atoms with E-state index in [9.17, 15) is 4.79 Å². The van der Waals surface area contributed by atoms with Gasteiger partial charge >= 0.3 is 0 Å². The van der Waals surface area contributed by atoms with Crippen LogP contribution in [0.2, 0.25) is 0 Å². The molecule has 1 fully saturated rings. The van der Waals surface area contributed by atoms with Crippen LogP contribution in [0.5, 0.6) is 0 Å². The molecule has 0 radical (unpaired) electrons. The number of nitrogens with zero attached hydrogens (tertiary/aromatic N) is 3. The van der Waals surface area contributed by atoms with Crippen LogP contribution in [0.1, 0.15) is 19.3 Å². The van der Waals surface area contributed by atoms with Gasteiger partial charge in [-0.05, 0) is 52.0 Å². The summed E-state index contributed by atoms with van der Waals surface area (Å²) in [5.74, 6) is 1.02. The third-order valence-corrected chi connectivity index (χ3v) is 3.23. The van der Waals surface area contributed by atoms with Crippen LogP contribution >= 0.6 is 0 Å². The van der Waals surface area contributed by atoms with E-state index in [1.54, 1.807) is 6.07 Å². The molecule has 1 saturated heterocycles. The molecule has 0 aromatic carbocycles. The van der Waals surface area contributed by atoms with E-state index in [-0.39, 0.29) is 12.0 Å². The molecule has 0 spiro atoms. The van der Waals surface area contributed by atoms with Gasteiger partial charge in [0.2, 0.25) is 0 Å². The van der Waals surface area contributed by atoms with Crippen molar-refractivity contribution in [3.05, 3.63) is 12.1 Å². The predicted octanol–water partition coefficient (Wildman–Crippen LogP) is 0.958. The average Bonchev–Trinajstić information content (AvgIpc) is 2.99. The maximum atomic E-state index is 11.9. The van der Waals surface area contributed by atoms with Crippen LogP contribution in [0.3, 0.4) is 0 Å². The summed E-state index contributed by atoms with van der Waals surface area (Å²) in [5, 5.41) is 14.0. The fourth-order valence-electron chi connectivity index (χ4n) is 2.10. The average molecular weight is 293 g/mol. The van der Waals surface area contributed by atoms with Crippen LogP contribution in [-0.4, -0.2) is 60.9 Å².